The van der Waals surface area contributed by atoms with Crippen LogP contribution in [0, 0.1) is 5.92 Å². The number of amides is 2. The summed E-state index contributed by atoms with van der Waals surface area (Å²) in [6, 6.07) is 5.01. The van der Waals surface area contributed by atoms with Gasteiger partial charge in [-0.2, -0.15) is 0 Å². The molecular formula is C12H15N3O2. The highest BCUT2D eigenvalue weighted by Crippen LogP contribution is 2.34. The molecule has 0 saturated carbocycles. The maximum absolute atomic E-state index is 11.8. The van der Waals surface area contributed by atoms with Crippen LogP contribution in [0.1, 0.15) is 18.0 Å². The summed E-state index contributed by atoms with van der Waals surface area (Å²) in [5.74, 6) is 0.609. The average Bonchev–Trinajstić information content (AvgIpc) is 2.30. The SMILES string of the molecule is NC(=O)N1C[C@@H]2C[C@H](C1)c1cccc(=O)n1C2. The number of primary amides is 1. The second-order valence-corrected chi connectivity index (χ2v) is 4.94. The average molecular weight is 233 g/mol. The normalized spacial score (nSPS) is 26.5. The highest BCUT2D eigenvalue weighted by atomic mass is 16.2. The van der Waals surface area contributed by atoms with Crippen LogP contribution in [0.5, 0.6) is 0 Å². The summed E-state index contributed by atoms with van der Waals surface area (Å²) in [7, 11) is 0. The molecule has 0 unspecified atom stereocenters. The Morgan fingerprint density at radius 2 is 2.12 bits per heavy atom. The van der Waals surface area contributed by atoms with E-state index in [1.54, 1.807) is 17.0 Å². The van der Waals surface area contributed by atoms with Gasteiger partial charge in [0.1, 0.15) is 0 Å². The van der Waals surface area contributed by atoms with E-state index in [2.05, 4.69) is 0 Å². The maximum atomic E-state index is 11.8. The highest BCUT2D eigenvalue weighted by Gasteiger charge is 2.35. The number of nitrogens with zero attached hydrogens (tertiary/aromatic N) is 2. The summed E-state index contributed by atoms with van der Waals surface area (Å²) in [6.45, 7) is 2.01. The summed E-state index contributed by atoms with van der Waals surface area (Å²) >= 11 is 0. The van der Waals surface area contributed by atoms with Crippen molar-refractivity contribution in [2.45, 2.75) is 18.9 Å². The number of carbonyl (C=O) groups is 1. The van der Waals surface area contributed by atoms with E-state index in [9.17, 15) is 9.59 Å². The van der Waals surface area contributed by atoms with E-state index in [1.165, 1.54) is 0 Å². The van der Waals surface area contributed by atoms with Gasteiger partial charge in [0.15, 0.2) is 0 Å². The van der Waals surface area contributed by atoms with Gasteiger partial charge in [0.25, 0.3) is 5.56 Å². The van der Waals surface area contributed by atoms with Gasteiger partial charge in [0.2, 0.25) is 0 Å². The molecule has 1 fully saturated rings. The monoisotopic (exact) mass is 233 g/mol. The van der Waals surface area contributed by atoms with Crippen LogP contribution in [0.25, 0.3) is 0 Å². The number of hydrogen-bond acceptors (Lipinski definition) is 2. The molecule has 1 saturated heterocycles. The van der Waals surface area contributed by atoms with Crippen molar-refractivity contribution in [2.75, 3.05) is 13.1 Å². The van der Waals surface area contributed by atoms with E-state index < -0.39 is 0 Å². The standard InChI is InChI=1S/C12H15N3O2/c13-12(17)14-5-8-4-9(7-14)10-2-1-3-11(16)15(10)6-8/h1-3,8-9H,4-7H2,(H2,13,17)/t8-,9+/m0/s1. The van der Waals surface area contributed by atoms with Crippen molar-refractivity contribution in [3.05, 3.63) is 34.2 Å². The van der Waals surface area contributed by atoms with Crippen LogP contribution in [-0.2, 0) is 6.54 Å². The first-order chi connectivity index (χ1) is 8.15. The first-order valence-electron chi connectivity index (χ1n) is 5.89. The van der Waals surface area contributed by atoms with Crippen LogP contribution in [0.3, 0.4) is 0 Å². The minimum atomic E-state index is -0.355. The molecule has 1 aromatic rings. The number of piperidine rings is 1. The van der Waals surface area contributed by atoms with Gasteiger partial charge in [-0.25, -0.2) is 4.79 Å². The van der Waals surface area contributed by atoms with E-state index in [0.29, 0.717) is 25.6 Å². The van der Waals surface area contributed by atoms with Gasteiger partial charge in [-0.3, -0.25) is 4.79 Å². The molecule has 1 aromatic heterocycles. The number of carbonyl (C=O) groups excluding carboxylic acids is 1. The summed E-state index contributed by atoms with van der Waals surface area (Å²) in [6.07, 6.45) is 1.05. The Hall–Kier alpha value is -1.78. The van der Waals surface area contributed by atoms with E-state index in [-0.39, 0.29) is 17.5 Å². The van der Waals surface area contributed by atoms with E-state index >= 15 is 0 Å². The van der Waals surface area contributed by atoms with Gasteiger partial charge in [-0.05, 0) is 18.4 Å². The zero-order valence-corrected chi connectivity index (χ0v) is 9.50. The van der Waals surface area contributed by atoms with Crippen molar-refractivity contribution in [2.24, 2.45) is 11.7 Å². The van der Waals surface area contributed by atoms with Gasteiger partial charge in [-0.15, -0.1) is 0 Å². The third kappa shape index (κ3) is 1.62. The van der Waals surface area contributed by atoms with Crippen molar-refractivity contribution in [1.29, 1.82) is 0 Å². The minimum Gasteiger partial charge on any atom is -0.351 e. The van der Waals surface area contributed by atoms with Crippen LogP contribution in [-0.4, -0.2) is 28.6 Å². The van der Waals surface area contributed by atoms with Gasteiger partial charge in [0.05, 0.1) is 0 Å². The number of rotatable bonds is 0. The third-order valence-corrected chi connectivity index (χ3v) is 3.79. The number of urea groups is 1. The number of fused-ring (bicyclic) bond motifs is 4. The summed E-state index contributed by atoms with van der Waals surface area (Å²) in [4.78, 5) is 24.7. The maximum Gasteiger partial charge on any atom is 0.314 e. The molecular weight excluding hydrogens is 218 g/mol. The van der Waals surface area contributed by atoms with Crippen molar-refractivity contribution in [1.82, 2.24) is 9.47 Å². The van der Waals surface area contributed by atoms with Crippen molar-refractivity contribution in [3.8, 4) is 0 Å². The smallest absolute Gasteiger partial charge is 0.314 e. The predicted octanol–water partition coefficient (Wildman–Crippen LogP) is 0.346. The van der Waals surface area contributed by atoms with Crippen molar-refractivity contribution in [3.63, 3.8) is 0 Å². The largest absolute Gasteiger partial charge is 0.351 e. The number of pyridine rings is 1. The molecule has 2 aliphatic rings. The fraction of sp³-hybridized carbons (Fsp3) is 0.500. The Kier molecular flexibility index (Phi) is 2.21. The lowest BCUT2D eigenvalue weighted by atomic mass is 9.83. The third-order valence-electron chi connectivity index (χ3n) is 3.79. The van der Waals surface area contributed by atoms with Crippen molar-refractivity contribution < 1.29 is 4.79 Å². The Morgan fingerprint density at radius 1 is 1.29 bits per heavy atom. The molecule has 2 bridgehead atoms. The zero-order valence-electron chi connectivity index (χ0n) is 9.50. The van der Waals surface area contributed by atoms with Gasteiger partial charge in [-0.1, -0.05) is 6.07 Å². The quantitative estimate of drug-likeness (QED) is 0.702. The first kappa shape index (κ1) is 10.4. The Labute approximate surface area is 98.8 Å². The molecule has 2 N–H and O–H groups in total. The summed E-state index contributed by atoms with van der Waals surface area (Å²) < 4.78 is 1.84. The van der Waals surface area contributed by atoms with Crippen molar-refractivity contribution >= 4 is 6.03 Å². The van der Waals surface area contributed by atoms with Crippen LogP contribution in [0.15, 0.2) is 23.0 Å². The minimum absolute atomic E-state index is 0.0599. The molecule has 5 nitrogen and oxygen atoms in total. The molecule has 5 heteroatoms. The molecule has 90 valence electrons. The van der Waals surface area contributed by atoms with Crippen LogP contribution >= 0.6 is 0 Å². The van der Waals surface area contributed by atoms with Gasteiger partial charge < -0.3 is 15.2 Å². The Morgan fingerprint density at radius 3 is 2.88 bits per heavy atom. The van der Waals surface area contributed by atoms with Crippen LogP contribution < -0.4 is 11.3 Å². The summed E-state index contributed by atoms with van der Waals surface area (Å²) in [5.41, 5.74) is 6.44. The Balaban J connectivity index is 2.01. The topological polar surface area (TPSA) is 68.3 Å². The number of aromatic nitrogens is 1. The lowest BCUT2D eigenvalue weighted by Crippen LogP contribution is -2.50. The fourth-order valence-corrected chi connectivity index (χ4v) is 3.08. The fourth-order valence-electron chi connectivity index (χ4n) is 3.08. The molecule has 3 rings (SSSR count). The molecule has 0 aliphatic carbocycles. The summed E-state index contributed by atoms with van der Waals surface area (Å²) in [5, 5.41) is 0. The van der Waals surface area contributed by atoms with E-state index in [4.69, 9.17) is 5.73 Å². The second kappa shape index (κ2) is 3.61. The lowest BCUT2D eigenvalue weighted by molar-refractivity contribution is 0.137. The highest BCUT2D eigenvalue weighted by molar-refractivity contribution is 5.72. The molecule has 0 aromatic carbocycles. The number of hydrogen-bond donors (Lipinski definition) is 1. The predicted molar refractivity (Wildman–Crippen MR) is 62.7 cm³/mol. The molecule has 2 aliphatic heterocycles. The van der Waals surface area contributed by atoms with Crippen LogP contribution in [0.2, 0.25) is 0 Å². The van der Waals surface area contributed by atoms with Crippen LogP contribution in [0.4, 0.5) is 4.79 Å². The zero-order chi connectivity index (χ0) is 12.0. The molecule has 0 radical (unpaired) electrons. The van der Waals surface area contributed by atoms with Gasteiger partial charge in [0, 0.05) is 37.3 Å². The Bertz CT molecular complexity index is 523. The van der Waals surface area contributed by atoms with Gasteiger partial charge >= 0.3 is 6.03 Å². The van der Waals surface area contributed by atoms with E-state index in [1.807, 2.05) is 10.6 Å². The molecule has 3 heterocycles. The second-order valence-electron chi connectivity index (χ2n) is 4.94. The lowest BCUT2D eigenvalue weighted by Gasteiger charge is -2.42. The molecule has 2 atom stereocenters. The van der Waals surface area contributed by atoms with E-state index in [0.717, 1.165) is 12.1 Å². The number of nitrogens with two attached hydrogens (primary N) is 1. The molecule has 0 spiro atoms. The number of likely N-dealkylation sites (tertiary alicyclic amines) is 1. The molecule has 2 amide bonds. The first-order valence-corrected chi connectivity index (χ1v) is 5.89. The molecule has 17 heavy (non-hydrogen) atoms.